The maximum Gasteiger partial charge on any atom is 0.409 e. The van der Waals surface area contributed by atoms with Gasteiger partial charge in [0.2, 0.25) is 5.91 Å². The number of nitrogens with zero attached hydrogens (tertiary/aromatic N) is 4. The van der Waals surface area contributed by atoms with E-state index in [1.807, 2.05) is 6.92 Å². The number of ether oxygens (including phenoxy) is 1. The molecule has 0 aromatic carbocycles. The van der Waals surface area contributed by atoms with Gasteiger partial charge in [-0.3, -0.25) is 19.4 Å². The fourth-order valence-electron chi connectivity index (χ4n) is 4.16. The van der Waals surface area contributed by atoms with Crippen LogP contribution in [0, 0.1) is 5.82 Å². The van der Waals surface area contributed by atoms with Crippen molar-refractivity contribution in [3.8, 4) is 0 Å². The molecule has 0 bridgehead atoms. The lowest BCUT2D eigenvalue weighted by Crippen LogP contribution is -2.35. The Bertz CT molecular complexity index is 1460. The molecule has 3 rings (SSSR count). The molecule has 40 heavy (non-hydrogen) atoms. The molecule has 214 valence electrons. The molecule has 0 radical (unpaired) electrons. The number of amides is 2. The van der Waals surface area contributed by atoms with Crippen molar-refractivity contribution < 1.29 is 23.5 Å². The van der Waals surface area contributed by atoms with Crippen LogP contribution in [0.5, 0.6) is 0 Å². The molecule has 0 saturated heterocycles. The molecule has 0 spiro atoms. The maximum atomic E-state index is 14.3. The van der Waals surface area contributed by atoms with Crippen LogP contribution >= 0.6 is 0 Å². The van der Waals surface area contributed by atoms with E-state index in [2.05, 4.69) is 9.97 Å². The first-order valence-corrected chi connectivity index (χ1v) is 13.1. The highest BCUT2D eigenvalue weighted by Gasteiger charge is 2.24. The first-order valence-electron chi connectivity index (χ1n) is 13.1. The second kappa shape index (κ2) is 13.7. The number of aromatic nitrogens is 3. The topological polar surface area (TPSA) is 118 Å². The minimum Gasteiger partial charge on any atom is -0.438 e. The number of fused-ring (bicyclic) bond motifs is 1. The number of hydrogen-bond acceptors (Lipinski definition) is 6. The van der Waals surface area contributed by atoms with E-state index in [0.717, 1.165) is 6.42 Å². The number of ketones is 1. The highest BCUT2D eigenvalue weighted by atomic mass is 19.1. The zero-order valence-corrected chi connectivity index (χ0v) is 23.6. The lowest BCUT2D eigenvalue weighted by atomic mass is 10.0. The van der Waals surface area contributed by atoms with Gasteiger partial charge in [-0.25, -0.2) is 9.18 Å². The summed E-state index contributed by atoms with van der Waals surface area (Å²) in [6, 6.07) is 5.02. The van der Waals surface area contributed by atoms with E-state index in [-0.39, 0.29) is 42.2 Å². The van der Waals surface area contributed by atoms with Crippen molar-refractivity contribution in [2.75, 3.05) is 28.2 Å². The monoisotopic (exact) mass is 553 g/mol. The molecule has 0 saturated carbocycles. The quantitative estimate of drug-likeness (QED) is 0.343. The number of aromatic amines is 1. The minimum absolute atomic E-state index is 0.162. The molecule has 0 aliphatic rings. The van der Waals surface area contributed by atoms with Crippen molar-refractivity contribution in [1.82, 2.24) is 24.3 Å². The van der Waals surface area contributed by atoms with Crippen LogP contribution in [0.4, 0.5) is 9.18 Å². The van der Waals surface area contributed by atoms with Gasteiger partial charge in [0.25, 0.3) is 5.56 Å². The Morgan fingerprint density at radius 3 is 2.62 bits per heavy atom. The summed E-state index contributed by atoms with van der Waals surface area (Å²) in [7, 11) is 6.27. The summed E-state index contributed by atoms with van der Waals surface area (Å²) in [5.74, 6) is -0.993. The highest BCUT2D eigenvalue weighted by molar-refractivity contribution is 5.88. The Balaban J connectivity index is 1.78. The van der Waals surface area contributed by atoms with Crippen LogP contribution in [0.25, 0.3) is 11.0 Å². The predicted octanol–water partition coefficient (Wildman–Crippen LogP) is 3.47. The SMILES string of the molecule is CCCc1c(F)cnc2cc(Cn3cccc(CC(=O)[C@H](CC/C=C/C(=O)N(C)C)OC(=O)N(C)C)c3=O)[nH]c12. The van der Waals surface area contributed by atoms with E-state index < -0.39 is 18.0 Å². The standard InChI is InChI=1S/C29H36FN5O5/c1-6-10-21-22(30)17-31-23-16-20(32-27(21)23)18-35-14-9-11-19(28(35)38)15-24(36)25(40-29(39)34(4)5)12-7-8-13-26(37)33(2)3/h8-9,11,13-14,16-17,25,32H,6-7,10,12,15,18H2,1-5H3/b13-8+/t25-/m0/s1. The number of halogens is 1. The van der Waals surface area contributed by atoms with Crippen LogP contribution < -0.4 is 5.56 Å². The first-order chi connectivity index (χ1) is 19.0. The second-order valence-corrected chi connectivity index (χ2v) is 9.98. The summed E-state index contributed by atoms with van der Waals surface area (Å²) < 4.78 is 21.2. The molecule has 3 aromatic heterocycles. The van der Waals surface area contributed by atoms with Crippen LogP contribution in [0.2, 0.25) is 0 Å². The summed E-state index contributed by atoms with van der Waals surface area (Å²) in [6.45, 7) is 2.14. The fourth-order valence-corrected chi connectivity index (χ4v) is 4.16. The molecule has 0 aliphatic carbocycles. The molecule has 1 atom stereocenters. The van der Waals surface area contributed by atoms with Crippen molar-refractivity contribution in [2.24, 2.45) is 0 Å². The number of carbonyl (C=O) groups excluding carboxylic acids is 3. The fraction of sp³-hybridized carbons (Fsp3) is 0.414. The largest absolute Gasteiger partial charge is 0.438 e. The smallest absolute Gasteiger partial charge is 0.409 e. The lowest BCUT2D eigenvalue weighted by Gasteiger charge is -2.19. The third-order valence-electron chi connectivity index (χ3n) is 6.33. The third-order valence-corrected chi connectivity index (χ3v) is 6.33. The van der Waals surface area contributed by atoms with E-state index in [1.54, 1.807) is 44.6 Å². The number of allylic oxidation sites excluding steroid dienone is 1. The van der Waals surface area contributed by atoms with E-state index in [1.165, 1.54) is 40.7 Å². The normalized spacial score (nSPS) is 12.1. The van der Waals surface area contributed by atoms with Crippen molar-refractivity contribution in [1.29, 1.82) is 0 Å². The molecule has 3 heterocycles. The summed E-state index contributed by atoms with van der Waals surface area (Å²) in [5.41, 5.74) is 2.35. The van der Waals surface area contributed by atoms with E-state index in [9.17, 15) is 23.6 Å². The molecule has 11 heteroatoms. The van der Waals surface area contributed by atoms with Crippen LogP contribution in [0.1, 0.15) is 43.0 Å². The van der Waals surface area contributed by atoms with Gasteiger partial charge in [0.05, 0.1) is 23.8 Å². The van der Waals surface area contributed by atoms with Gasteiger partial charge in [-0.2, -0.15) is 0 Å². The van der Waals surface area contributed by atoms with Crippen molar-refractivity contribution in [3.63, 3.8) is 0 Å². The Hall–Kier alpha value is -4.28. The highest BCUT2D eigenvalue weighted by Crippen LogP contribution is 2.22. The molecule has 1 N–H and O–H groups in total. The molecular formula is C29H36FN5O5. The maximum absolute atomic E-state index is 14.3. The van der Waals surface area contributed by atoms with Gasteiger partial charge in [0, 0.05) is 57.6 Å². The molecule has 3 aromatic rings. The Morgan fingerprint density at radius 1 is 1.20 bits per heavy atom. The number of aryl methyl sites for hydroxylation is 1. The van der Waals surface area contributed by atoms with Gasteiger partial charge in [-0.05, 0) is 37.5 Å². The molecular weight excluding hydrogens is 517 g/mol. The summed E-state index contributed by atoms with van der Waals surface area (Å²) in [6.07, 6.45) is 5.65. The average Bonchev–Trinajstić information content (AvgIpc) is 3.32. The van der Waals surface area contributed by atoms with Gasteiger partial charge >= 0.3 is 6.09 Å². The number of H-pyrrole nitrogens is 1. The van der Waals surface area contributed by atoms with E-state index in [0.29, 0.717) is 35.1 Å². The van der Waals surface area contributed by atoms with Gasteiger partial charge < -0.3 is 24.1 Å². The Morgan fingerprint density at radius 2 is 1.95 bits per heavy atom. The first kappa shape index (κ1) is 30.3. The summed E-state index contributed by atoms with van der Waals surface area (Å²) >= 11 is 0. The van der Waals surface area contributed by atoms with Crippen LogP contribution in [-0.2, 0) is 33.7 Å². The molecule has 2 amide bonds. The predicted molar refractivity (Wildman–Crippen MR) is 150 cm³/mol. The zero-order chi connectivity index (χ0) is 29.4. The Labute approximate surface area is 232 Å². The molecule has 10 nitrogen and oxygen atoms in total. The van der Waals surface area contributed by atoms with E-state index >= 15 is 0 Å². The summed E-state index contributed by atoms with van der Waals surface area (Å²) in [5, 5.41) is 0. The number of likely N-dealkylation sites (N-methyl/N-ethyl adjacent to an activating group) is 1. The Kier molecular flexibility index (Phi) is 10.4. The van der Waals surface area contributed by atoms with Gasteiger partial charge in [-0.15, -0.1) is 0 Å². The second-order valence-electron chi connectivity index (χ2n) is 9.98. The average molecular weight is 554 g/mol. The lowest BCUT2D eigenvalue weighted by molar-refractivity contribution is -0.127. The molecule has 0 aliphatic heterocycles. The van der Waals surface area contributed by atoms with Crippen molar-refractivity contribution in [2.45, 2.75) is 51.7 Å². The number of rotatable bonds is 12. The number of nitrogens with one attached hydrogen (secondary N) is 1. The van der Waals surface area contributed by atoms with Gasteiger partial charge in [0.15, 0.2) is 11.9 Å². The number of hydrogen-bond donors (Lipinski definition) is 1. The third kappa shape index (κ3) is 7.64. The number of carbonyl (C=O) groups is 3. The molecule has 0 fully saturated rings. The van der Waals surface area contributed by atoms with Gasteiger partial charge in [0.1, 0.15) is 5.82 Å². The van der Waals surface area contributed by atoms with Crippen molar-refractivity contribution in [3.05, 3.63) is 75.7 Å². The van der Waals surface area contributed by atoms with Crippen molar-refractivity contribution >= 4 is 28.8 Å². The summed E-state index contributed by atoms with van der Waals surface area (Å²) in [4.78, 5) is 60.4. The van der Waals surface area contributed by atoms with Crippen LogP contribution in [-0.4, -0.2) is 76.4 Å². The zero-order valence-electron chi connectivity index (χ0n) is 23.6. The molecule has 0 unspecified atom stereocenters. The number of Topliss-reactive ketones (excluding diaryl/α,β-unsaturated/α-hetero) is 1. The minimum atomic E-state index is -1.09. The van der Waals surface area contributed by atoms with E-state index in [4.69, 9.17) is 4.74 Å². The van der Waals surface area contributed by atoms with Gasteiger partial charge in [-0.1, -0.05) is 25.5 Å². The van der Waals surface area contributed by atoms with Crippen LogP contribution in [0.3, 0.4) is 0 Å². The number of pyridine rings is 2. The van der Waals surface area contributed by atoms with Crippen LogP contribution in [0.15, 0.2) is 47.5 Å².